The van der Waals surface area contributed by atoms with Gasteiger partial charge in [-0.1, -0.05) is 0 Å². The minimum absolute atomic E-state index is 0.0382. The summed E-state index contributed by atoms with van der Waals surface area (Å²) in [5.74, 6) is 0.785. The lowest BCUT2D eigenvalue weighted by atomic mass is 10.1. The molecule has 1 aromatic carbocycles. The molecule has 0 saturated carbocycles. The third-order valence-electron chi connectivity index (χ3n) is 3.88. The highest BCUT2D eigenvalue weighted by atomic mass is 16.7. The van der Waals surface area contributed by atoms with Crippen LogP contribution in [0.15, 0.2) is 24.3 Å². The van der Waals surface area contributed by atoms with E-state index < -0.39 is 11.8 Å². The summed E-state index contributed by atoms with van der Waals surface area (Å²) >= 11 is 0. The van der Waals surface area contributed by atoms with Gasteiger partial charge < -0.3 is 19.1 Å². The van der Waals surface area contributed by atoms with Crippen LogP contribution < -0.4 is 9.47 Å². The first-order valence-corrected chi connectivity index (χ1v) is 8.84. The second-order valence-corrected chi connectivity index (χ2v) is 7.19. The molecule has 1 heterocycles. The largest absolute Gasteiger partial charge is 0.514 e. The summed E-state index contributed by atoms with van der Waals surface area (Å²) in [6.07, 6.45) is 5.60. The van der Waals surface area contributed by atoms with Gasteiger partial charge in [0.2, 0.25) is 5.91 Å². The molecular formula is C20H27NO5. The number of ether oxygens (including phenoxy) is 3. The third kappa shape index (κ3) is 6.10. The lowest BCUT2D eigenvalue weighted by Gasteiger charge is -2.25. The summed E-state index contributed by atoms with van der Waals surface area (Å²) in [6, 6.07) is 5.07. The van der Waals surface area contributed by atoms with Crippen molar-refractivity contribution in [1.82, 2.24) is 4.90 Å². The number of carbonyl (C=O) groups is 2. The van der Waals surface area contributed by atoms with E-state index in [9.17, 15) is 9.59 Å². The first-order chi connectivity index (χ1) is 12.3. The summed E-state index contributed by atoms with van der Waals surface area (Å²) in [5.41, 5.74) is -0.0575. The number of methoxy groups -OCH3 is 1. The number of nitrogens with zero attached hydrogens (tertiary/aromatic N) is 1. The van der Waals surface area contributed by atoms with Crippen molar-refractivity contribution in [2.24, 2.45) is 0 Å². The van der Waals surface area contributed by atoms with Crippen LogP contribution in [0.5, 0.6) is 11.5 Å². The lowest BCUT2D eigenvalue weighted by Crippen LogP contribution is -2.34. The smallest absolute Gasteiger partial charge is 0.497 e. The minimum Gasteiger partial charge on any atom is -0.497 e. The van der Waals surface area contributed by atoms with E-state index in [2.05, 4.69) is 0 Å². The van der Waals surface area contributed by atoms with Gasteiger partial charge in [0.05, 0.1) is 7.11 Å². The van der Waals surface area contributed by atoms with Crippen molar-refractivity contribution in [3.8, 4) is 11.5 Å². The summed E-state index contributed by atoms with van der Waals surface area (Å²) in [6.45, 7) is 6.86. The number of hydrogen-bond donors (Lipinski definition) is 0. The molecule has 0 aromatic heterocycles. The highest BCUT2D eigenvalue weighted by molar-refractivity contribution is 5.92. The van der Waals surface area contributed by atoms with Gasteiger partial charge in [-0.05, 0) is 58.2 Å². The Morgan fingerprint density at radius 3 is 2.42 bits per heavy atom. The summed E-state index contributed by atoms with van der Waals surface area (Å²) in [4.78, 5) is 26.1. The number of hydrogen-bond acceptors (Lipinski definition) is 5. The van der Waals surface area contributed by atoms with Crippen LogP contribution in [0.2, 0.25) is 0 Å². The van der Waals surface area contributed by atoms with Gasteiger partial charge in [-0.25, -0.2) is 4.79 Å². The van der Waals surface area contributed by atoms with Gasteiger partial charge in [0, 0.05) is 30.8 Å². The molecule has 6 nitrogen and oxygen atoms in total. The van der Waals surface area contributed by atoms with Crippen LogP contribution in [-0.4, -0.2) is 42.8 Å². The van der Waals surface area contributed by atoms with Crippen LogP contribution in [0.3, 0.4) is 0 Å². The fourth-order valence-electron chi connectivity index (χ4n) is 2.61. The maximum atomic E-state index is 12.3. The van der Waals surface area contributed by atoms with Gasteiger partial charge >= 0.3 is 6.16 Å². The topological polar surface area (TPSA) is 65.1 Å². The van der Waals surface area contributed by atoms with Gasteiger partial charge in [0.15, 0.2) is 0 Å². The average Bonchev–Trinajstić information content (AvgIpc) is 2.59. The molecule has 142 valence electrons. The van der Waals surface area contributed by atoms with Crippen molar-refractivity contribution in [2.45, 2.75) is 45.6 Å². The van der Waals surface area contributed by atoms with Crippen LogP contribution in [0.4, 0.5) is 4.79 Å². The maximum absolute atomic E-state index is 12.3. The molecule has 0 aliphatic carbocycles. The van der Waals surface area contributed by atoms with Gasteiger partial charge in [0.25, 0.3) is 0 Å². The number of likely N-dealkylation sites (tertiary alicyclic amines) is 1. The molecule has 6 heteroatoms. The molecule has 1 aliphatic rings. The van der Waals surface area contributed by atoms with E-state index >= 15 is 0 Å². The first kappa shape index (κ1) is 19.8. The Morgan fingerprint density at radius 1 is 1.12 bits per heavy atom. The Labute approximate surface area is 154 Å². The molecule has 0 atom stereocenters. The van der Waals surface area contributed by atoms with E-state index in [1.54, 1.807) is 45.0 Å². The Kier molecular flexibility index (Phi) is 6.66. The molecule has 1 aliphatic heterocycles. The van der Waals surface area contributed by atoms with E-state index in [0.29, 0.717) is 11.3 Å². The molecule has 1 amide bonds. The van der Waals surface area contributed by atoms with Crippen LogP contribution in [0.1, 0.15) is 45.6 Å². The zero-order valence-corrected chi connectivity index (χ0v) is 15.9. The molecule has 26 heavy (non-hydrogen) atoms. The molecule has 2 rings (SSSR count). The van der Waals surface area contributed by atoms with E-state index in [0.717, 1.165) is 25.9 Å². The van der Waals surface area contributed by atoms with E-state index in [4.69, 9.17) is 14.2 Å². The number of benzene rings is 1. The van der Waals surface area contributed by atoms with Crippen molar-refractivity contribution in [3.63, 3.8) is 0 Å². The van der Waals surface area contributed by atoms with Gasteiger partial charge in [-0.3, -0.25) is 4.79 Å². The SMILES string of the molecule is COc1ccc(/C=C/C(=O)N2CCCCC2)c(OC(=O)OC(C)(C)C)c1. The van der Waals surface area contributed by atoms with Crippen molar-refractivity contribution in [2.75, 3.05) is 20.2 Å². The monoisotopic (exact) mass is 361 g/mol. The van der Waals surface area contributed by atoms with Crippen molar-refractivity contribution < 1.29 is 23.8 Å². The number of carbonyl (C=O) groups excluding carboxylic acids is 2. The summed E-state index contributed by atoms with van der Waals surface area (Å²) in [7, 11) is 1.53. The third-order valence-corrected chi connectivity index (χ3v) is 3.88. The van der Waals surface area contributed by atoms with Gasteiger partial charge in [0.1, 0.15) is 17.1 Å². The molecular weight excluding hydrogens is 334 g/mol. The number of piperidine rings is 1. The zero-order chi connectivity index (χ0) is 19.2. The number of amides is 1. The standard InChI is InChI=1S/C20H27NO5/c1-20(2,3)26-19(23)25-17-14-16(24-4)10-8-15(17)9-11-18(22)21-12-6-5-7-13-21/h8-11,14H,5-7,12-13H2,1-4H3/b11-9+. The van der Waals surface area contributed by atoms with Gasteiger partial charge in [-0.2, -0.15) is 0 Å². The quantitative estimate of drug-likeness (QED) is 0.460. The van der Waals surface area contributed by atoms with Crippen molar-refractivity contribution >= 4 is 18.1 Å². The van der Waals surface area contributed by atoms with E-state index in [-0.39, 0.29) is 11.7 Å². The van der Waals surface area contributed by atoms with Crippen LogP contribution >= 0.6 is 0 Å². The second kappa shape index (κ2) is 8.74. The number of rotatable bonds is 4. The normalized spacial score (nSPS) is 15.0. The fourth-order valence-corrected chi connectivity index (χ4v) is 2.61. The second-order valence-electron chi connectivity index (χ2n) is 7.19. The zero-order valence-electron chi connectivity index (χ0n) is 15.9. The Morgan fingerprint density at radius 2 is 1.81 bits per heavy atom. The Hall–Kier alpha value is -2.50. The van der Waals surface area contributed by atoms with Crippen LogP contribution in [0.25, 0.3) is 6.08 Å². The predicted octanol–water partition coefficient (Wildman–Crippen LogP) is 4.03. The summed E-state index contributed by atoms with van der Waals surface area (Å²) in [5, 5.41) is 0. The molecule has 1 saturated heterocycles. The van der Waals surface area contributed by atoms with Gasteiger partial charge in [-0.15, -0.1) is 0 Å². The lowest BCUT2D eigenvalue weighted by molar-refractivity contribution is -0.126. The Bertz CT molecular complexity index is 669. The molecule has 0 radical (unpaired) electrons. The average molecular weight is 361 g/mol. The summed E-state index contributed by atoms with van der Waals surface area (Å²) < 4.78 is 15.7. The highest BCUT2D eigenvalue weighted by Gasteiger charge is 2.19. The Balaban J connectivity index is 2.14. The fraction of sp³-hybridized carbons (Fsp3) is 0.500. The van der Waals surface area contributed by atoms with E-state index in [1.165, 1.54) is 19.6 Å². The minimum atomic E-state index is -0.803. The molecule has 0 bridgehead atoms. The van der Waals surface area contributed by atoms with Crippen molar-refractivity contribution in [3.05, 3.63) is 29.8 Å². The van der Waals surface area contributed by atoms with Crippen LogP contribution in [-0.2, 0) is 9.53 Å². The predicted molar refractivity (Wildman–Crippen MR) is 99.3 cm³/mol. The molecule has 1 fully saturated rings. The molecule has 0 N–H and O–H groups in total. The molecule has 0 spiro atoms. The highest BCUT2D eigenvalue weighted by Crippen LogP contribution is 2.27. The van der Waals surface area contributed by atoms with Crippen molar-refractivity contribution in [1.29, 1.82) is 0 Å². The first-order valence-electron chi connectivity index (χ1n) is 8.84. The van der Waals surface area contributed by atoms with Crippen LogP contribution in [0, 0.1) is 0 Å². The van der Waals surface area contributed by atoms with E-state index in [1.807, 2.05) is 4.90 Å². The molecule has 0 unspecified atom stereocenters. The molecule has 1 aromatic rings. The maximum Gasteiger partial charge on any atom is 0.514 e.